The van der Waals surface area contributed by atoms with Gasteiger partial charge in [0, 0.05) is 61.7 Å². The number of halogens is 1. The number of imidazole rings is 1. The fraction of sp³-hybridized carbons (Fsp3) is 0.553. The van der Waals surface area contributed by atoms with Crippen LogP contribution in [0.1, 0.15) is 62.7 Å². The van der Waals surface area contributed by atoms with Crippen molar-refractivity contribution in [1.82, 2.24) is 41.9 Å². The molecule has 1 aromatic heterocycles. The van der Waals surface area contributed by atoms with Crippen molar-refractivity contribution in [2.75, 3.05) is 52.7 Å². The van der Waals surface area contributed by atoms with E-state index in [1.807, 2.05) is 0 Å². The number of H-pyrrole nitrogens is 1. The van der Waals surface area contributed by atoms with Crippen LogP contribution in [-0.4, -0.2) is 134 Å². The van der Waals surface area contributed by atoms with Gasteiger partial charge in [-0.25, -0.2) is 9.78 Å². The number of nitrogens with one attached hydrogen (secondary N) is 7. The lowest BCUT2D eigenvalue weighted by Crippen LogP contribution is -2.52. The van der Waals surface area contributed by atoms with Gasteiger partial charge in [0.25, 0.3) is 0 Å². The zero-order valence-electron chi connectivity index (χ0n) is 34.0. The molecule has 1 aliphatic heterocycles. The van der Waals surface area contributed by atoms with Crippen LogP contribution in [0.5, 0.6) is 0 Å². The standard InChI is InChI=1S/C38H57BrN12O10/c1-23(40)34(55)51-30(19-26-21-43-22-47-26)35(56)45-13-16-60-18-17-59-15-12-44-31(52)8-9-32(53)49-29(24-4-6-25(39)7-5-24)20-33(54)48-27(3-2-11-46-38(41)42)36(57)50-28-10-14-61-37(28)58/h4-7,21-23,27-30H,2-3,8-20,40H2,1H3,(H,43,47)(H,44,52)(H,45,56)(H,48,54)(H,49,53)(H,50,57)(H,51,55)(H4,41,42,46)/t23-,27-,28-,29?,30-/m0/s1. The fourth-order valence-corrected chi connectivity index (χ4v) is 5.99. The summed E-state index contributed by atoms with van der Waals surface area (Å²) < 4.78 is 16.7. The number of cyclic esters (lactones) is 1. The van der Waals surface area contributed by atoms with Crippen LogP contribution in [0.4, 0.5) is 0 Å². The Hall–Kier alpha value is -5.65. The molecule has 2 heterocycles. The number of benzene rings is 1. The van der Waals surface area contributed by atoms with Crippen LogP contribution in [0.15, 0.2) is 46.3 Å². The maximum absolute atomic E-state index is 13.4. The first kappa shape index (κ1) is 49.7. The molecule has 23 heteroatoms. The third-order valence-corrected chi connectivity index (χ3v) is 9.47. The van der Waals surface area contributed by atoms with Crippen molar-refractivity contribution in [3.63, 3.8) is 0 Å². The molecule has 3 rings (SSSR count). The van der Waals surface area contributed by atoms with Gasteiger partial charge in [0.2, 0.25) is 35.4 Å². The largest absolute Gasteiger partial charge is 0.464 e. The van der Waals surface area contributed by atoms with Crippen LogP contribution in [0, 0.1) is 0 Å². The second-order valence-electron chi connectivity index (χ2n) is 14.0. The summed E-state index contributed by atoms with van der Waals surface area (Å²) in [6.07, 6.45) is 3.53. The van der Waals surface area contributed by atoms with Crippen LogP contribution in [0.25, 0.3) is 0 Å². The number of carbonyl (C=O) groups is 7. The average molecular weight is 922 g/mol. The molecule has 5 atom stereocenters. The number of hydrogen-bond donors (Lipinski definition) is 10. The van der Waals surface area contributed by atoms with Crippen LogP contribution >= 0.6 is 15.9 Å². The first-order valence-corrected chi connectivity index (χ1v) is 20.6. The predicted octanol–water partition coefficient (Wildman–Crippen LogP) is -2.19. The highest BCUT2D eigenvalue weighted by molar-refractivity contribution is 9.10. The normalized spacial score (nSPS) is 15.3. The second-order valence-corrected chi connectivity index (χ2v) is 14.9. The zero-order valence-corrected chi connectivity index (χ0v) is 35.6. The molecule has 6 amide bonds. The lowest BCUT2D eigenvalue weighted by Gasteiger charge is -2.23. The fourth-order valence-electron chi connectivity index (χ4n) is 5.72. The first-order chi connectivity index (χ1) is 29.2. The summed E-state index contributed by atoms with van der Waals surface area (Å²) in [5.74, 6) is -3.52. The highest BCUT2D eigenvalue weighted by Gasteiger charge is 2.32. The van der Waals surface area contributed by atoms with E-state index in [0.717, 1.165) is 4.47 Å². The minimum Gasteiger partial charge on any atom is -0.464 e. The lowest BCUT2D eigenvalue weighted by atomic mass is 10.0. The summed E-state index contributed by atoms with van der Waals surface area (Å²) in [7, 11) is 0. The SMILES string of the molecule is C[C@H](N)C(=O)N[C@@H](Cc1cnc[nH]1)C(=O)NCCOCCOCCNC(=O)CCC(=O)NC(CC(=O)N[C@@H](CCCN=C(N)N)C(=O)N[C@H]1CCOC1=O)c1ccc(Br)cc1. The molecular weight excluding hydrogens is 864 g/mol. The van der Waals surface area contributed by atoms with E-state index in [-0.39, 0.29) is 96.6 Å². The van der Waals surface area contributed by atoms with E-state index < -0.39 is 65.7 Å². The molecule has 0 saturated carbocycles. The molecule has 13 N–H and O–H groups in total. The zero-order chi connectivity index (χ0) is 44.6. The number of rotatable bonds is 28. The Morgan fingerprint density at radius 2 is 1.59 bits per heavy atom. The smallest absolute Gasteiger partial charge is 0.328 e. The maximum Gasteiger partial charge on any atom is 0.328 e. The van der Waals surface area contributed by atoms with E-state index in [9.17, 15) is 33.6 Å². The molecular formula is C38H57BrN12O10. The number of esters is 1. The highest BCUT2D eigenvalue weighted by Crippen LogP contribution is 2.21. The molecule has 0 aliphatic carbocycles. The molecule has 1 saturated heterocycles. The van der Waals surface area contributed by atoms with Gasteiger partial charge in [-0.1, -0.05) is 28.1 Å². The van der Waals surface area contributed by atoms with Crippen molar-refractivity contribution in [3.8, 4) is 0 Å². The van der Waals surface area contributed by atoms with E-state index in [0.29, 0.717) is 24.1 Å². The van der Waals surface area contributed by atoms with E-state index >= 15 is 0 Å². The predicted molar refractivity (Wildman–Crippen MR) is 224 cm³/mol. The van der Waals surface area contributed by atoms with Gasteiger partial charge >= 0.3 is 5.97 Å². The molecule has 1 aliphatic rings. The van der Waals surface area contributed by atoms with Crippen molar-refractivity contribution >= 4 is 63.3 Å². The number of nitrogens with zero attached hydrogens (tertiary/aromatic N) is 2. The Balaban J connectivity index is 1.37. The van der Waals surface area contributed by atoms with Crippen molar-refractivity contribution in [2.24, 2.45) is 22.2 Å². The van der Waals surface area contributed by atoms with Crippen LogP contribution in [-0.2, 0) is 54.2 Å². The molecule has 61 heavy (non-hydrogen) atoms. The molecule has 0 spiro atoms. The number of aromatic amines is 1. The van der Waals surface area contributed by atoms with Gasteiger partial charge in [0.05, 0.1) is 57.9 Å². The first-order valence-electron chi connectivity index (χ1n) is 19.8. The van der Waals surface area contributed by atoms with E-state index in [2.05, 4.69) is 62.8 Å². The van der Waals surface area contributed by atoms with Crippen molar-refractivity contribution in [2.45, 2.75) is 82.1 Å². The maximum atomic E-state index is 13.4. The topological polar surface area (TPSA) is 338 Å². The Kier molecular flexibility index (Phi) is 22.2. The van der Waals surface area contributed by atoms with Gasteiger partial charge in [-0.2, -0.15) is 0 Å². The van der Waals surface area contributed by atoms with E-state index in [4.69, 9.17) is 31.4 Å². The van der Waals surface area contributed by atoms with Crippen LogP contribution in [0.3, 0.4) is 0 Å². The number of hydrogen-bond acceptors (Lipinski definition) is 13. The number of nitrogens with two attached hydrogens (primary N) is 3. The number of aliphatic imine (C=N–C) groups is 1. The van der Waals surface area contributed by atoms with Crippen LogP contribution < -0.4 is 49.1 Å². The van der Waals surface area contributed by atoms with Gasteiger partial charge in [-0.3, -0.25) is 33.8 Å². The lowest BCUT2D eigenvalue weighted by molar-refractivity contribution is -0.141. The number of guanidine groups is 1. The van der Waals surface area contributed by atoms with Gasteiger partial charge in [-0.05, 0) is 37.5 Å². The van der Waals surface area contributed by atoms with Gasteiger partial charge in [-0.15, -0.1) is 0 Å². The number of carbonyl (C=O) groups excluding carboxylic acids is 7. The van der Waals surface area contributed by atoms with Crippen molar-refractivity contribution in [3.05, 3.63) is 52.5 Å². The molecule has 0 bridgehead atoms. The van der Waals surface area contributed by atoms with Gasteiger partial charge < -0.3 is 68.3 Å². The molecule has 1 fully saturated rings. The Morgan fingerprint density at radius 1 is 0.902 bits per heavy atom. The van der Waals surface area contributed by atoms with Gasteiger partial charge in [0.15, 0.2) is 5.96 Å². The summed E-state index contributed by atoms with van der Waals surface area (Å²) in [5, 5.41) is 16.2. The van der Waals surface area contributed by atoms with Crippen molar-refractivity contribution < 1.29 is 47.8 Å². The van der Waals surface area contributed by atoms with Gasteiger partial charge in [0.1, 0.15) is 18.1 Å². The van der Waals surface area contributed by atoms with Crippen LogP contribution in [0.2, 0.25) is 0 Å². The summed E-state index contributed by atoms with van der Waals surface area (Å²) in [4.78, 5) is 99.5. The quantitative estimate of drug-likeness (QED) is 0.0188. The summed E-state index contributed by atoms with van der Waals surface area (Å²) in [5.41, 5.74) is 17.7. The molecule has 1 aromatic carbocycles. The minimum absolute atomic E-state index is 0.115. The molecule has 2 aromatic rings. The minimum atomic E-state index is -1.03. The highest BCUT2D eigenvalue weighted by atomic mass is 79.9. The molecule has 0 radical (unpaired) electrons. The average Bonchev–Trinajstić information content (AvgIpc) is 3.89. The molecule has 336 valence electrons. The van der Waals surface area contributed by atoms with E-state index in [1.54, 1.807) is 30.5 Å². The number of ether oxygens (including phenoxy) is 3. The summed E-state index contributed by atoms with van der Waals surface area (Å²) >= 11 is 3.38. The number of aromatic nitrogens is 2. The Morgan fingerprint density at radius 3 is 2.21 bits per heavy atom. The molecule has 22 nitrogen and oxygen atoms in total. The van der Waals surface area contributed by atoms with Crippen molar-refractivity contribution in [1.29, 1.82) is 0 Å². The Labute approximate surface area is 361 Å². The summed E-state index contributed by atoms with van der Waals surface area (Å²) in [6, 6.07) is 2.68. The summed E-state index contributed by atoms with van der Waals surface area (Å²) in [6.45, 7) is 3.11. The third kappa shape index (κ3) is 20.0. The number of amides is 6. The monoisotopic (exact) mass is 920 g/mol. The molecule has 1 unspecified atom stereocenters. The van der Waals surface area contributed by atoms with E-state index in [1.165, 1.54) is 13.3 Å². The Bertz CT molecular complexity index is 1760. The second kappa shape index (κ2) is 27.2. The third-order valence-electron chi connectivity index (χ3n) is 8.94.